The summed E-state index contributed by atoms with van der Waals surface area (Å²) in [4.78, 5) is 18.5. The number of hydrogen-bond donors (Lipinski definition) is 1. The van der Waals surface area contributed by atoms with Crippen LogP contribution in [0.15, 0.2) is 6.20 Å². The molecule has 1 heterocycles. The molecule has 0 bridgehead atoms. The zero-order valence-corrected chi connectivity index (χ0v) is 7.96. The molecular formula is C9H12N3O. The largest absolute Gasteiger partial charge is 0.323 e. The fourth-order valence-electron chi connectivity index (χ4n) is 1.03. The van der Waals surface area contributed by atoms with Crippen molar-refractivity contribution in [2.45, 2.75) is 26.7 Å². The predicted molar refractivity (Wildman–Crippen MR) is 49.3 cm³/mol. The Morgan fingerprint density at radius 2 is 2.31 bits per heavy atom. The number of hydrogen-bond acceptors (Lipinski definition) is 3. The first-order valence-electron chi connectivity index (χ1n) is 4.12. The van der Waals surface area contributed by atoms with E-state index in [2.05, 4.69) is 21.6 Å². The van der Waals surface area contributed by atoms with Gasteiger partial charge in [0.05, 0.1) is 17.6 Å². The van der Waals surface area contributed by atoms with Crippen LogP contribution in [0.25, 0.3) is 0 Å². The fourth-order valence-corrected chi connectivity index (χ4v) is 1.03. The molecule has 0 aliphatic rings. The Morgan fingerprint density at radius 1 is 1.62 bits per heavy atom. The maximum Gasteiger partial charge on any atom is 0.221 e. The van der Waals surface area contributed by atoms with Crippen LogP contribution in [0.5, 0.6) is 0 Å². The van der Waals surface area contributed by atoms with Crippen molar-refractivity contribution in [1.82, 2.24) is 9.97 Å². The highest BCUT2D eigenvalue weighted by molar-refractivity contribution is 5.89. The van der Waals surface area contributed by atoms with E-state index in [4.69, 9.17) is 0 Å². The summed E-state index contributed by atoms with van der Waals surface area (Å²) in [6, 6.07) is 0. The van der Waals surface area contributed by atoms with E-state index in [1.54, 1.807) is 6.20 Å². The van der Waals surface area contributed by atoms with Gasteiger partial charge in [-0.25, -0.2) is 9.97 Å². The number of anilines is 1. The lowest BCUT2D eigenvalue weighted by Crippen LogP contribution is -2.10. The van der Waals surface area contributed by atoms with E-state index in [9.17, 15) is 4.79 Å². The van der Waals surface area contributed by atoms with Crippen LogP contribution < -0.4 is 5.32 Å². The summed E-state index contributed by atoms with van der Waals surface area (Å²) in [6.07, 6.45) is 4.06. The number of carbonyl (C=O) groups is 1. The minimum atomic E-state index is -0.114. The first kappa shape index (κ1) is 9.64. The van der Waals surface area contributed by atoms with Crippen LogP contribution in [0.1, 0.15) is 32.4 Å². The number of aromatic nitrogens is 2. The molecule has 1 N–H and O–H groups in total. The van der Waals surface area contributed by atoms with Gasteiger partial charge in [0, 0.05) is 6.92 Å². The molecule has 4 nitrogen and oxygen atoms in total. The molecule has 0 unspecified atom stereocenters. The van der Waals surface area contributed by atoms with Gasteiger partial charge in [-0.1, -0.05) is 13.8 Å². The van der Waals surface area contributed by atoms with Crippen molar-refractivity contribution < 1.29 is 4.79 Å². The van der Waals surface area contributed by atoms with Crippen LogP contribution in [0.4, 0.5) is 5.69 Å². The Kier molecular flexibility index (Phi) is 2.95. The van der Waals surface area contributed by atoms with Gasteiger partial charge in [0.25, 0.3) is 0 Å². The van der Waals surface area contributed by atoms with Crippen molar-refractivity contribution in [3.63, 3.8) is 0 Å². The molecule has 13 heavy (non-hydrogen) atoms. The summed E-state index contributed by atoms with van der Waals surface area (Å²) in [5.41, 5.74) is 1.48. The number of nitrogens with one attached hydrogen (secondary N) is 1. The van der Waals surface area contributed by atoms with Gasteiger partial charge in [0.2, 0.25) is 5.91 Å². The van der Waals surface area contributed by atoms with Gasteiger partial charge >= 0.3 is 0 Å². The van der Waals surface area contributed by atoms with Crippen molar-refractivity contribution >= 4 is 11.6 Å². The minimum Gasteiger partial charge on any atom is -0.323 e. The average Bonchev–Trinajstić information content (AvgIpc) is 2.03. The van der Waals surface area contributed by atoms with Crippen molar-refractivity contribution in [1.29, 1.82) is 0 Å². The van der Waals surface area contributed by atoms with E-state index in [0.29, 0.717) is 5.69 Å². The van der Waals surface area contributed by atoms with Crippen molar-refractivity contribution in [3.05, 3.63) is 18.2 Å². The molecule has 1 radical (unpaired) electrons. The lowest BCUT2D eigenvalue weighted by molar-refractivity contribution is -0.114. The molecule has 0 saturated carbocycles. The van der Waals surface area contributed by atoms with Crippen LogP contribution in [0.2, 0.25) is 0 Å². The molecular weight excluding hydrogens is 166 g/mol. The highest BCUT2D eigenvalue weighted by Gasteiger charge is 2.08. The van der Waals surface area contributed by atoms with E-state index >= 15 is 0 Å². The summed E-state index contributed by atoms with van der Waals surface area (Å²) in [7, 11) is 0. The van der Waals surface area contributed by atoms with Gasteiger partial charge in [-0.2, -0.15) is 0 Å². The van der Waals surface area contributed by atoms with E-state index in [-0.39, 0.29) is 11.8 Å². The zero-order valence-electron chi connectivity index (χ0n) is 7.96. The summed E-state index contributed by atoms with van der Waals surface area (Å²) in [6.45, 7) is 5.46. The third kappa shape index (κ3) is 2.50. The molecule has 69 valence electrons. The Balaban J connectivity index is 2.97. The molecule has 0 atom stereocenters. The smallest absolute Gasteiger partial charge is 0.221 e. The van der Waals surface area contributed by atoms with E-state index in [1.165, 1.54) is 6.92 Å². The lowest BCUT2D eigenvalue weighted by Gasteiger charge is -2.09. The number of rotatable bonds is 2. The average molecular weight is 178 g/mol. The summed E-state index contributed by atoms with van der Waals surface area (Å²) < 4.78 is 0. The number of nitrogens with zero attached hydrogens (tertiary/aromatic N) is 2. The van der Waals surface area contributed by atoms with E-state index in [0.717, 1.165) is 5.69 Å². The van der Waals surface area contributed by atoms with E-state index in [1.807, 2.05) is 13.8 Å². The Labute approximate surface area is 77.4 Å². The number of carbonyl (C=O) groups excluding carboxylic acids is 1. The normalized spacial score (nSPS) is 10.2. The van der Waals surface area contributed by atoms with Crippen molar-refractivity contribution in [2.24, 2.45) is 0 Å². The van der Waals surface area contributed by atoms with E-state index < -0.39 is 0 Å². The molecule has 0 aromatic carbocycles. The van der Waals surface area contributed by atoms with Gasteiger partial charge in [-0.05, 0) is 5.92 Å². The third-order valence-corrected chi connectivity index (χ3v) is 1.56. The first-order valence-corrected chi connectivity index (χ1v) is 4.12. The monoisotopic (exact) mass is 178 g/mol. The SMILES string of the molecule is CC(=O)Nc1cn[c]nc1C(C)C. The molecule has 1 rings (SSSR count). The molecule has 0 aliphatic carbocycles. The van der Waals surface area contributed by atoms with Crippen molar-refractivity contribution in [2.75, 3.05) is 5.32 Å². The van der Waals surface area contributed by atoms with Gasteiger partial charge in [0.1, 0.15) is 0 Å². The lowest BCUT2D eigenvalue weighted by atomic mass is 10.1. The van der Waals surface area contributed by atoms with Gasteiger partial charge in [-0.3, -0.25) is 4.79 Å². The molecule has 1 aromatic heterocycles. The molecule has 0 fully saturated rings. The fraction of sp³-hybridized carbons (Fsp3) is 0.444. The van der Waals surface area contributed by atoms with Crippen LogP contribution >= 0.6 is 0 Å². The summed E-state index contributed by atoms with van der Waals surface area (Å²) in [5, 5.41) is 2.67. The second kappa shape index (κ2) is 3.98. The third-order valence-electron chi connectivity index (χ3n) is 1.56. The van der Waals surface area contributed by atoms with Crippen LogP contribution in [0.3, 0.4) is 0 Å². The molecule has 0 saturated heterocycles. The topological polar surface area (TPSA) is 54.9 Å². The quantitative estimate of drug-likeness (QED) is 0.743. The second-order valence-corrected chi connectivity index (χ2v) is 3.10. The Bertz CT molecular complexity index is 309. The summed E-state index contributed by atoms with van der Waals surface area (Å²) >= 11 is 0. The van der Waals surface area contributed by atoms with Gasteiger partial charge in [0.15, 0.2) is 6.33 Å². The Hall–Kier alpha value is -1.45. The zero-order chi connectivity index (χ0) is 9.84. The minimum absolute atomic E-state index is 0.114. The first-order chi connectivity index (χ1) is 6.11. The molecule has 0 spiro atoms. The Morgan fingerprint density at radius 3 is 2.85 bits per heavy atom. The maximum absolute atomic E-state index is 10.8. The second-order valence-electron chi connectivity index (χ2n) is 3.10. The van der Waals surface area contributed by atoms with Crippen LogP contribution in [0, 0.1) is 6.33 Å². The molecule has 0 aliphatic heterocycles. The highest BCUT2D eigenvalue weighted by atomic mass is 16.1. The molecule has 1 amide bonds. The van der Waals surface area contributed by atoms with Crippen LogP contribution in [-0.4, -0.2) is 15.9 Å². The molecule has 4 heteroatoms. The highest BCUT2D eigenvalue weighted by Crippen LogP contribution is 2.19. The van der Waals surface area contributed by atoms with Gasteiger partial charge < -0.3 is 5.32 Å². The predicted octanol–water partition coefficient (Wildman–Crippen LogP) is 1.36. The standard InChI is InChI=1S/C9H12N3O/c1-6(2)9-8(12-7(3)13)4-10-5-11-9/h4,6H,1-3H3,(H,12,13). The van der Waals surface area contributed by atoms with Gasteiger partial charge in [-0.15, -0.1) is 0 Å². The molecule has 1 aromatic rings. The maximum atomic E-state index is 10.8. The van der Waals surface area contributed by atoms with Crippen molar-refractivity contribution in [3.8, 4) is 0 Å². The number of amides is 1. The van der Waals surface area contributed by atoms with Crippen LogP contribution in [-0.2, 0) is 4.79 Å². The summed E-state index contributed by atoms with van der Waals surface area (Å²) in [5.74, 6) is 0.137.